The summed E-state index contributed by atoms with van der Waals surface area (Å²) in [6.07, 6.45) is 4.92. The summed E-state index contributed by atoms with van der Waals surface area (Å²) in [6, 6.07) is 3.49. The molecule has 1 fully saturated rings. The molecule has 1 saturated carbocycles. The van der Waals surface area contributed by atoms with E-state index in [1.165, 1.54) is 7.11 Å². The van der Waals surface area contributed by atoms with Gasteiger partial charge in [-0.1, -0.05) is 0 Å². The predicted molar refractivity (Wildman–Crippen MR) is 60.5 cm³/mol. The van der Waals surface area contributed by atoms with Crippen LogP contribution in [-0.2, 0) is 0 Å². The van der Waals surface area contributed by atoms with E-state index in [2.05, 4.69) is 4.98 Å². The molecule has 0 aliphatic heterocycles. The van der Waals surface area contributed by atoms with Crippen molar-refractivity contribution in [2.24, 2.45) is 5.73 Å². The maximum atomic E-state index is 12.0. The van der Waals surface area contributed by atoms with Crippen LogP contribution in [0.2, 0.25) is 0 Å². The number of rotatable bonds is 4. The lowest BCUT2D eigenvalue weighted by Crippen LogP contribution is -2.48. The second-order valence-corrected chi connectivity index (χ2v) is 4.37. The molecule has 0 radical (unpaired) electrons. The molecule has 2 rings (SSSR count). The molecule has 16 heavy (non-hydrogen) atoms. The number of carbonyl (C=O) groups excluding carboxylic acids is 1. The van der Waals surface area contributed by atoms with E-state index in [9.17, 15) is 4.79 Å². The van der Waals surface area contributed by atoms with Crippen LogP contribution in [0.15, 0.2) is 18.3 Å². The van der Waals surface area contributed by atoms with Gasteiger partial charge in [0.2, 0.25) is 0 Å². The van der Waals surface area contributed by atoms with Crippen molar-refractivity contribution in [1.82, 2.24) is 4.98 Å². The topological polar surface area (TPSA) is 65.2 Å². The Kier molecular flexibility index (Phi) is 2.92. The first-order valence-corrected chi connectivity index (χ1v) is 5.46. The highest BCUT2D eigenvalue weighted by atomic mass is 16.5. The summed E-state index contributed by atoms with van der Waals surface area (Å²) in [7, 11) is 1.54. The molecule has 86 valence electrons. The summed E-state index contributed by atoms with van der Waals surface area (Å²) in [5, 5.41) is 0. The van der Waals surface area contributed by atoms with Crippen LogP contribution in [0, 0.1) is 0 Å². The number of carbonyl (C=O) groups is 1. The Morgan fingerprint density at radius 2 is 2.38 bits per heavy atom. The van der Waals surface area contributed by atoms with Gasteiger partial charge in [0, 0.05) is 18.2 Å². The highest BCUT2D eigenvalue weighted by Gasteiger charge is 2.35. The Labute approximate surface area is 94.8 Å². The first-order chi connectivity index (χ1) is 7.64. The zero-order valence-corrected chi connectivity index (χ0v) is 9.40. The van der Waals surface area contributed by atoms with Gasteiger partial charge in [-0.15, -0.1) is 0 Å². The SMILES string of the molecule is COc1cccnc1C(=O)CC1(N)CCC1. The fraction of sp³-hybridized carbons (Fsp3) is 0.500. The van der Waals surface area contributed by atoms with Gasteiger partial charge in [-0.05, 0) is 31.4 Å². The maximum Gasteiger partial charge on any atom is 0.186 e. The van der Waals surface area contributed by atoms with Crippen molar-refractivity contribution >= 4 is 5.78 Å². The third kappa shape index (κ3) is 2.07. The van der Waals surface area contributed by atoms with Gasteiger partial charge in [0.25, 0.3) is 0 Å². The van der Waals surface area contributed by atoms with Crippen LogP contribution >= 0.6 is 0 Å². The molecule has 0 amide bonds. The second kappa shape index (κ2) is 4.22. The minimum absolute atomic E-state index is 0.0281. The largest absolute Gasteiger partial charge is 0.494 e. The molecule has 4 heteroatoms. The molecule has 4 nitrogen and oxygen atoms in total. The maximum absolute atomic E-state index is 12.0. The molecule has 0 bridgehead atoms. The lowest BCUT2D eigenvalue weighted by molar-refractivity contribution is 0.0904. The highest BCUT2D eigenvalue weighted by Crippen LogP contribution is 2.33. The number of nitrogens with zero attached hydrogens (tertiary/aromatic N) is 1. The lowest BCUT2D eigenvalue weighted by atomic mass is 9.74. The normalized spacial score (nSPS) is 17.6. The molecule has 2 N–H and O–H groups in total. The van der Waals surface area contributed by atoms with E-state index < -0.39 is 0 Å². The van der Waals surface area contributed by atoms with E-state index in [1.807, 2.05) is 0 Å². The summed E-state index contributed by atoms with van der Waals surface area (Å²) >= 11 is 0. The molecule has 1 aliphatic rings. The molecule has 0 aromatic carbocycles. The fourth-order valence-corrected chi connectivity index (χ4v) is 1.98. The van der Waals surface area contributed by atoms with Gasteiger partial charge >= 0.3 is 0 Å². The number of hydrogen-bond donors (Lipinski definition) is 1. The molecule has 0 atom stereocenters. The van der Waals surface area contributed by atoms with Gasteiger partial charge < -0.3 is 10.5 Å². The summed E-state index contributed by atoms with van der Waals surface area (Å²) in [5.41, 5.74) is 6.13. The van der Waals surface area contributed by atoms with Crippen LogP contribution < -0.4 is 10.5 Å². The van der Waals surface area contributed by atoms with Crippen LogP contribution in [0.1, 0.15) is 36.2 Å². The van der Waals surface area contributed by atoms with Gasteiger partial charge in [0.05, 0.1) is 7.11 Å². The zero-order valence-electron chi connectivity index (χ0n) is 9.40. The molecule has 0 unspecified atom stereocenters. The lowest BCUT2D eigenvalue weighted by Gasteiger charge is -2.37. The average Bonchev–Trinajstić information content (AvgIpc) is 2.26. The molecular weight excluding hydrogens is 204 g/mol. The van der Waals surface area contributed by atoms with Gasteiger partial charge in [0.15, 0.2) is 5.78 Å². The Morgan fingerprint density at radius 1 is 1.62 bits per heavy atom. The van der Waals surface area contributed by atoms with E-state index in [1.54, 1.807) is 18.3 Å². The first-order valence-electron chi connectivity index (χ1n) is 5.46. The average molecular weight is 220 g/mol. The van der Waals surface area contributed by atoms with Gasteiger partial charge in [-0.25, -0.2) is 4.98 Å². The molecule has 1 aliphatic carbocycles. The van der Waals surface area contributed by atoms with Gasteiger partial charge in [0.1, 0.15) is 11.4 Å². The molecule has 0 saturated heterocycles. The van der Waals surface area contributed by atoms with Crippen LogP contribution in [0.5, 0.6) is 5.75 Å². The number of aromatic nitrogens is 1. The van der Waals surface area contributed by atoms with Crippen LogP contribution in [0.3, 0.4) is 0 Å². The standard InChI is InChI=1S/C12H16N2O2/c1-16-10-4-2-7-14-11(10)9(15)8-12(13)5-3-6-12/h2,4,7H,3,5-6,8,13H2,1H3. The zero-order chi connectivity index (χ0) is 11.6. The third-order valence-electron chi connectivity index (χ3n) is 3.12. The number of ether oxygens (including phenoxy) is 1. The summed E-state index contributed by atoms with van der Waals surface area (Å²) in [4.78, 5) is 16.1. The third-order valence-corrected chi connectivity index (χ3v) is 3.12. The van der Waals surface area contributed by atoms with Gasteiger partial charge in [-0.3, -0.25) is 4.79 Å². The summed E-state index contributed by atoms with van der Waals surface area (Å²) < 4.78 is 5.11. The minimum Gasteiger partial charge on any atom is -0.494 e. The monoisotopic (exact) mass is 220 g/mol. The molecule has 1 aromatic rings. The number of methoxy groups -OCH3 is 1. The molecular formula is C12H16N2O2. The highest BCUT2D eigenvalue weighted by molar-refractivity contribution is 5.97. The van der Waals surface area contributed by atoms with Crippen molar-refractivity contribution in [2.45, 2.75) is 31.2 Å². The van der Waals surface area contributed by atoms with Crippen molar-refractivity contribution in [3.63, 3.8) is 0 Å². The second-order valence-electron chi connectivity index (χ2n) is 4.37. The number of hydrogen-bond acceptors (Lipinski definition) is 4. The Balaban J connectivity index is 2.14. The van der Waals surface area contributed by atoms with Crippen molar-refractivity contribution in [3.05, 3.63) is 24.0 Å². The van der Waals surface area contributed by atoms with E-state index in [0.29, 0.717) is 17.9 Å². The molecule has 1 heterocycles. The summed E-state index contributed by atoms with van der Waals surface area (Å²) in [5.74, 6) is 0.495. The first kappa shape index (κ1) is 11.1. The van der Waals surface area contributed by atoms with E-state index in [4.69, 9.17) is 10.5 Å². The Hall–Kier alpha value is -1.42. The van der Waals surface area contributed by atoms with Crippen LogP contribution in [0.25, 0.3) is 0 Å². The Bertz CT molecular complexity index is 400. The van der Waals surface area contributed by atoms with Gasteiger partial charge in [-0.2, -0.15) is 0 Å². The molecule has 0 spiro atoms. The number of Topliss-reactive ketones (excluding diaryl/α,β-unsaturated/α-hetero) is 1. The summed E-state index contributed by atoms with van der Waals surface area (Å²) in [6.45, 7) is 0. The smallest absolute Gasteiger partial charge is 0.186 e. The van der Waals surface area contributed by atoms with Crippen molar-refractivity contribution in [3.8, 4) is 5.75 Å². The predicted octanol–water partition coefficient (Wildman–Crippen LogP) is 1.54. The van der Waals surface area contributed by atoms with Crippen LogP contribution in [-0.4, -0.2) is 23.4 Å². The van der Waals surface area contributed by atoms with Crippen molar-refractivity contribution < 1.29 is 9.53 Å². The number of ketones is 1. The van der Waals surface area contributed by atoms with E-state index >= 15 is 0 Å². The fourth-order valence-electron chi connectivity index (χ4n) is 1.98. The van der Waals surface area contributed by atoms with Crippen LogP contribution in [0.4, 0.5) is 0 Å². The number of pyridine rings is 1. The van der Waals surface area contributed by atoms with Crippen molar-refractivity contribution in [1.29, 1.82) is 0 Å². The van der Waals surface area contributed by atoms with E-state index in [0.717, 1.165) is 19.3 Å². The number of nitrogens with two attached hydrogens (primary N) is 1. The van der Waals surface area contributed by atoms with Crippen molar-refractivity contribution in [2.75, 3.05) is 7.11 Å². The Morgan fingerprint density at radius 3 is 2.94 bits per heavy atom. The van der Waals surface area contributed by atoms with E-state index in [-0.39, 0.29) is 11.3 Å². The molecule has 1 aromatic heterocycles. The minimum atomic E-state index is -0.306. The quantitative estimate of drug-likeness (QED) is 0.782.